The van der Waals surface area contributed by atoms with Crippen LogP contribution in [-0.4, -0.2) is 17.6 Å². The number of rotatable bonds is 4. The highest BCUT2D eigenvalue weighted by atomic mass is 16.6. The lowest BCUT2D eigenvalue weighted by atomic mass is 10.2. The van der Waals surface area contributed by atoms with Crippen LogP contribution in [0.25, 0.3) is 0 Å². The van der Waals surface area contributed by atoms with Gasteiger partial charge in [-0.25, -0.2) is 9.78 Å². The van der Waals surface area contributed by atoms with Crippen molar-refractivity contribution in [1.29, 1.82) is 5.26 Å². The van der Waals surface area contributed by atoms with Crippen LogP contribution >= 0.6 is 0 Å². The van der Waals surface area contributed by atoms with Gasteiger partial charge < -0.3 is 4.74 Å². The summed E-state index contributed by atoms with van der Waals surface area (Å²) in [4.78, 5) is 17.6. The summed E-state index contributed by atoms with van der Waals surface area (Å²) in [6.45, 7) is 2.49. The maximum atomic E-state index is 12.1. The Morgan fingerprint density at radius 3 is 2.62 bits per heavy atom. The fourth-order valence-corrected chi connectivity index (χ4v) is 1.79. The van der Waals surface area contributed by atoms with E-state index in [1.807, 2.05) is 43.3 Å². The number of aromatic nitrogens is 1. The number of hydrogen-bond donors (Lipinski definition) is 0. The molecule has 5 nitrogen and oxygen atoms in total. The quantitative estimate of drug-likeness (QED) is 0.863. The molecule has 1 aromatic heterocycles. The topological polar surface area (TPSA) is 66.2 Å². The molecule has 0 aliphatic rings. The first kappa shape index (κ1) is 14.5. The number of benzene rings is 1. The SMILES string of the molecule is CCN(C(=O)OCc1ccccc1)c1ccc(C#N)cn1. The summed E-state index contributed by atoms with van der Waals surface area (Å²) in [6.07, 6.45) is 0.973. The molecule has 0 fully saturated rings. The van der Waals surface area contributed by atoms with Crippen LogP contribution in [-0.2, 0) is 11.3 Å². The van der Waals surface area contributed by atoms with Crippen molar-refractivity contribution in [1.82, 2.24) is 4.98 Å². The van der Waals surface area contributed by atoms with Crippen LogP contribution in [0.2, 0.25) is 0 Å². The van der Waals surface area contributed by atoms with Crippen molar-refractivity contribution < 1.29 is 9.53 Å². The Morgan fingerprint density at radius 2 is 2.05 bits per heavy atom. The first-order chi connectivity index (χ1) is 10.2. The molecular weight excluding hydrogens is 266 g/mol. The van der Waals surface area contributed by atoms with Crippen LogP contribution in [0.15, 0.2) is 48.7 Å². The first-order valence-electron chi connectivity index (χ1n) is 6.59. The molecule has 106 valence electrons. The Bertz CT molecular complexity index is 633. The molecule has 1 amide bonds. The minimum absolute atomic E-state index is 0.215. The Morgan fingerprint density at radius 1 is 1.29 bits per heavy atom. The Hall–Kier alpha value is -2.87. The highest BCUT2D eigenvalue weighted by Gasteiger charge is 2.16. The van der Waals surface area contributed by atoms with Gasteiger partial charge in [0.2, 0.25) is 0 Å². The van der Waals surface area contributed by atoms with Crippen molar-refractivity contribution >= 4 is 11.9 Å². The predicted molar refractivity (Wildman–Crippen MR) is 78.6 cm³/mol. The van der Waals surface area contributed by atoms with E-state index >= 15 is 0 Å². The lowest BCUT2D eigenvalue weighted by Crippen LogP contribution is -2.31. The van der Waals surface area contributed by atoms with Gasteiger partial charge in [0.05, 0.1) is 5.56 Å². The molecule has 0 unspecified atom stereocenters. The van der Waals surface area contributed by atoms with Gasteiger partial charge in [0, 0.05) is 12.7 Å². The lowest BCUT2D eigenvalue weighted by Gasteiger charge is -2.19. The van der Waals surface area contributed by atoms with Gasteiger partial charge in [-0.2, -0.15) is 5.26 Å². The summed E-state index contributed by atoms with van der Waals surface area (Å²) in [5.74, 6) is 0.467. The van der Waals surface area contributed by atoms with E-state index in [1.165, 1.54) is 11.1 Å². The molecule has 0 radical (unpaired) electrons. The van der Waals surface area contributed by atoms with Crippen molar-refractivity contribution in [3.8, 4) is 6.07 Å². The van der Waals surface area contributed by atoms with Crippen LogP contribution in [0, 0.1) is 11.3 Å². The predicted octanol–water partition coefficient (Wildman–Crippen LogP) is 3.12. The lowest BCUT2D eigenvalue weighted by molar-refractivity contribution is 0.147. The summed E-state index contributed by atoms with van der Waals surface area (Å²) in [5, 5.41) is 8.75. The number of carbonyl (C=O) groups is 1. The van der Waals surface area contributed by atoms with Gasteiger partial charge >= 0.3 is 6.09 Å². The summed E-state index contributed by atoms with van der Waals surface area (Å²) >= 11 is 0. The van der Waals surface area contributed by atoms with Crippen LogP contribution in [0.4, 0.5) is 10.6 Å². The van der Waals surface area contributed by atoms with Crippen LogP contribution in [0.5, 0.6) is 0 Å². The zero-order chi connectivity index (χ0) is 15.1. The molecule has 21 heavy (non-hydrogen) atoms. The largest absolute Gasteiger partial charge is 0.444 e. The molecule has 1 heterocycles. The smallest absolute Gasteiger partial charge is 0.415 e. The third-order valence-corrected chi connectivity index (χ3v) is 2.90. The van der Waals surface area contributed by atoms with Crippen LogP contribution < -0.4 is 4.90 Å². The van der Waals surface area contributed by atoms with E-state index < -0.39 is 6.09 Å². The highest BCUT2D eigenvalue weighted by molar-refractivity contribution is 5.86. The van der Waals surface area contributed by atoms with Crippen LogP contribution in [0.1, 0.15) is 18.1 Å². The number of pyridine rings is 1. The van der Waals surface area contributed by atoms with Crippen molar-refractivity contribution in [2.45, 2.75) is 13.5 Å². The van der Waals surface area contributed by atoms with E-state index in [0.717, 1.165) is 5.56 Å². The fraction of sp³-hybridized carbons (Fsp3) is 0.188. The molecule has 1 aromatic carbocycles. The number of nitriles is 1. The maximum absolute atomic E-state index is 12.1. The van der Waals surface area contributed by atoms with Gasteiger partial charge in [-0.05, 0) is 24.6 Å². The van der Waals surface area contributed by atoms with E-state index in [9.17, 15) is 4.79 Å². The highest BCUT2D eigenvalue weighted by Crippen LogP contribution is 2.13. The average molecular weight is 281 g/mol. The number of hydrogen-bond acceptors (Lipinski definition) is 4. The van der Waals surface area contributed by atoms with Gasteiger partial charge in [0.1, 0.15) is 18.5 Å². The molecule has 0 atom stereocenters. The second-order valence-corrected chi connectivity index (χ2v) is 4.30. The molecule has 0 saturated heterocycles. The van der Waals surface area contributed by atoms with E-state index in [-0.39, 0.29) is 6.61 Å². The standard InChI is InChI=1S/C16H15N3O2/c1-2-19(15-9-8-14(10-17)11-18-15)16(20)21-12-13-6-4-3-5-7-13/h3-9,11H,2,12H2,1H3. The van der Waals surface area contributed by atoms with Gasteiger partial charge in [0.15, 0.2) is 0 Å². The fourth-order valence-electron chi connectivity index (χ4n) is 1.79. The molecule has 0 spiro atoms. The van der Waals surface area contributed by atoms with Crippen molar-refractivity contribution in [3.05, 3.63) is 59.8 Å². The molecular formula is C16H15N3O2. The van der Waals surface area contributed by atoms with Crippen LogP contribution in [0.3, 0.4) is 0 Å². The Balaban J connectivity index is 2.02. The maximum Gasteiger partial charge on any atom is 0.415 e. The first-order valence-corrected chi connectivity index (χ1v) is 6.59. The van der Waals surface area contributed by atoms with Gasteiger partial charge in [0.25, 0.3) is 0 Å². The van der Waals surface area contributed by atoms with Gasteiger partial charge in [-0.15, -0.1) is 0 Å². The summed E-state index contributed by atoms with van der Waals surface area (Å²) in [6, 6.07) is 14.7. The number of nitrogens with zero attached hydrogens (tertiary/aromatic N) is 3. The average Bonchev–Trinajstić information content (AvgIpc) is 2.55. The summed E-state index contributed by atoms with van der Waals surface area (Å²) in [5.41, 5.74) is 1.38. The van der Waals surface area contributed by atoms with Crippen molar-refractivity contribution in [2.75, 3.05) is 11.4 Å². The number of anilines is 1. The number of carbonyl (C=O) groups excluding carboxylic acids is 1. The molecule has 2 aromatic rings. The van der Waals surface area contributed by atoms with Gasteiger partial charge in [-0.1, -0.05) is 30.3 Å². The molecule has 0 N–H and O–H groups in total. The molecule has 5 heteroatoms. The zero-order valence-corrected chi connectivity index (χ0v) is 11.7. The zero-order valence-electron chi connectivity index (χ0n) is 11.7. The Kier molecular flexibility index (Phi) is 4.89. The van der Waals surface area contributed by atoms with E-state index in [4.69, 9.17) is 10.00 Å². The third-order valence-electron chi connectivity index (χ3n) is 2.90. The third kappa shape index (κ3) is 3.80. The number of ether oxygens (including phenoxy) is 1. The van der Waals surface area contributed by atoms with E-state index in [0.29, 0.717) is 17.9 Å². The van der Waals surface area contributed by atoms with E-state index in [1.54, 1.807) is 12.1 Å². The minimum atomic E-state index is -0.460. The molecule has 0 aliphatic heterocycles. The number of amides is 1. The van der Waals surface area contributed by atoms with Crippen molar-refractivity contribution in [3.63, 3.8) is 0 Å². The molecule has 0 bridgehead atoms. The molecule has 0 saturated carbocycles. The molecule has 0 aliphatic carbocycles. The van der Waals surface area contributed by atoms with Gasteiger partial charge in [-0.3, -0.25) is 4.90 Å². The normalized spacial score (nSPS) is 9.71. The minimum Gasteiger partial charge on any atom is -0.444 e. The monoisotopic (exact) mass is 281 g/mol. The summed E-state index contributed by atoms with van der Waals surface area (Å²) < 4.78 is 5.27. The molecule has 2 rings (SSSR count). The summed E-state index contributed by atoms with van der Waals surface area (Å²) in [7, 11) is 0. The van der Waals surface area contributed by atoms with Crippen molar-refractivity contribution in [2.24, 2.45) is 0 Å². The Labute approximate surface area is 123 Å². The second kappa shape index (κ2) is 7.06. The van der Waals surface area contributed by atoms with E-state index in [2.05, 4.69) is 4.98 Å². The second-order valence-electron chi connectivity index (χ2n) is 4.30.